The van der Waals surface area contributed by atoms with Crippen molar-refractivity contribution in [1.82, 2.24) is 10.3 Å². The molecule has 2 unspecified atom stereocenters. The van der Waals surface area contributed by atoms with Crippen molar-refractivity contribution in [2.45, 2.75) is 24.9 Å². The Morgan fingerprint density at radius 1 is 1.14 bits per heavy atom. The van der Waals surface area contributed by atoms with E-state index in [1.165, 1.54) is 0 Å². The van der Waals surface area contributed by atoms with Crippen LogP contribution in [-0.4, -0.2) is 36.1 Å². The maximum absolute atomic E-state index is 12.9. The van der Waals surface area contributed by atoms with Crippen molar-refractivity contribution in [2.75, 3.05) is 13.2 Å². The first-order chi connectivity index (χ1) is 10.3. The molecule has 2 fully saturated rings. The maximum Gasteiger partial charge on any atom is 0.168 e. The number of Topliss-reactive ketones (excluding diaryl/α,β-unsaturated/α-hetero) is 1. The molecule has 0 aliphatic carbocycles. The van der Waals surface area contributed by atoms with Gasteiger partial charge in [0.05, 0.1) is 18.7 Å². The second-order valence-corrected chi connectivity index (χ2v) is 6.01. The molecule has 2 atom stereocenters. The average Bonchev–Trinajstić information content (AvgIpc) is 2.53. The molecule has 4 rings (SSSR count). The van der Waals surface area contributed by atoms with E-state index >= 15 is 0 Å². The molecule has 1 aromatic heterocycles. The van der Waals surface area contributed by atoms with E-state index in [0.29, 0.717) is 25.3 Å². The summed E-state index contributed by atoms with van der Waals surface area (Å²) in [6, 6.07) is 10.4. The van der Waals surface area contributed by atoms with Crippen LogP contribution in [0.5, 0.6) is 0 Å². The molecule has 4 nitrogen and oxygen atoms in total. The fourth-order valence-corrected chi connectivity index (χ4v) is 3.57. The van der Waals surface area contributed by atoms with Gasteiger partial charge in [-0.15, -0.1) is 0 Å². The van der Waals surface area contributed by atoms with Gasteiger partial charge in [0.2, 0.25) is 0 Å². The van der Waals surface area contributed by atoms with Crippen LogP contribution >= 0.6 is 0 Å². The molecule has 0 radical (unpaired) electrons. The van der Waals surface area contributed by atoms with E-state index in [-0.39, 0.29) is 11.7 Å². The maximum atomic E-state index is 12.9. The molecule has 108 valence electrons. The largest absolute Gasteiger partial charge is 0.378 e. The lowest BCUT2D eigenvalue weighted by molar-refractivity contribution is 0.00956. The van der Waals surface area contributed by atoms with Gasteiger partial charge < -0.3 is 10.1 Å². The van der Waals surface area contributed by atoms with E-state index in [1.54, 1.807) is 6.20 Å². The highest BCUT2D eigenvalue weighted by Crippen LogP contribution is 2.29. The molecule has 0 spiro atoms. The summed E-state index contributed by atoms with van der Waals surface area (Å²) in [5.74, 6) is 0.315. The summed E-state index contributed by atoms with van der Waals surface area (Å²) in [7, 11) is 0. The highest BCUT2D eigenvalue weighted by Gasteiger charge is 2.35. The van der Waals surface area contributed by atoms with Gasteiger partial charge in [0.1, 0.15) is 0 Å². The summed E-state index contributed by atoms with van der Waals surface area (Å²) in [6.45, 7) is 1.43. The zero-order valence-electron chi connectivity index (χ0n) is 11.8. The SMILES string of the molecule is O=C(c1cccc2cccnc12)C1CC2COCC(C1)N2. The van der Waals surface area contributed by atoms with Gasteiger partial charge in [-0.05, 0) is 25.0 Å². The second-order valence-electron chi connectivity index (χ2n) is 6.01. The number of hydrogen-bond donors (Lipinski definition) is 1. The minimum absolute atomic E-state index is 0.0813. The predicted molar refractivity (Wildman–Crippen MR) is 80.3 cm³/mol. The zero-order chi connectivity index (χ0) is 14.2. The van der Waals surface area contributed by atoms with Gasteiger partial charge in [-0.2, -0.15) is 0 Å². The third kappa shape index (κ3) is 2.34. The topological polar surface area (TPSA) is 51.2 Å². The minimum atomic E-state index is 0.0813. The van der Waals surface area contributed by atoms with E-state index in [2.05, 4.69) is 10.3 Å². The lowest BCUT2D eigenvalue weighted by Crippen LogP contribution is -2.55. The first-order valence-electron chi connectivity index (χ1n) is 7.53. The van der Waals surface area contributed by atoms with Crippen molar-refractivity contribution in [3.8, 4) is 0 Å². The predicted octanol–water partition coefficient (Wildman–Crippen LogP) is 2.18. The molecule has 1 aromatic carbocycles. The summed E-state index contributed by atoms with van der Waals surface area (Å²) in [4.78, 5) is 17.3. The van der Waals surface area contributed by atoms with Crippen LogP contribution in [-0.2, 0) is 4.74 Å². The zero-order valence-corrected chi connectivity index (χ0v) is 11.8. The number of benzene rings is 1. The number of hydrogen-bond acceptors (Lipinski definition) is 4. The van der Waals surface area contributed by atoms with Crippen LogP contribution in [0, 0.1) is 5.92 Å². The van der Waals surface area contributed by atoms with E-state index in [0.717, 1.165) is 29.3 Å². The molecule has 2 saturated heterocycles. The highest BCUT2D eigenvalue weighted by atomic mass is 16.5. The number of para-hydroxylation sites is 1. The van der Waals surface area contributed by atoms with Crippen LogP contribution in [0.4, 0.5) is 0 Å². The van der Waals surface area contributed by atoms with E-state index in [9.17, 15) is 4.79 Å². The number of fused-ring (bicyclic) bond motifs is 3. The Kier molecular flexibility index (Phi) is 3.20. The summed E-state index contributed by atoms with van der Waals surface area (Å²) in [6.07, 6.45) is 3.47. The number of carbonyl (C=O) groups is 1. The number of aromatic nitrogens is 1. The van der Waals surface area contributed by atoms with Crippen LogP contribution in [0.1, 0.15) is 23.2 Å². The molecule has 21 heavy (non-hydrogen) atoms. The molecular weight excluding hydrogens is 264 g/mol. The van der Waals surface area contributed by atoms with E-state index < -0.39 is 0 Å². The number of rotatable bonds is 2. The molecule has 3 heterocycles. The van der Waals surface area contributed by atoms with Crippen LogP contribution in [0.2, 0.25) is 0 Å². The monoisotopic (exact) mass is 282 g/mol. The van der Waals surface area contributed by atoms with Crippen LogP contribution in [0.25, 0.3) is 10.9 Å². The first-order valence-corrected chi connectivity index (χ1v) is 7.53. The van der Waals surface area contributed by atoms with Gasteiger partial charge in [0.25, 0.3) is 0 Å². The molecule has 2 aliphatic heterocycles. The quantitative estimate of drug-likeness (QED) is 0.858. The van der Waals surface area contributed by atoms with Gasteiger partial charge in [-0.3, -0.25) is 9.78 Å². The normalized spacial score (nSPS) is 28.5. The highest BCUT2D eigenvalue weighted by molar-refractivity contribution is 6.07. The number of nitrogens with zero attached hydrogens (tertiary/aromatic N) is 1. The Hall–Kier alpha value is -1.78. The van der Waals surface area contributed by atoms with Gasteiger partial charge in [0.15, 0.2) is 5.78 Å². The van der Waals surface area contributed by atoms with Crippen molar-refractivity contribution < 1.29 is 9.53 Å². The third-order valence-corrected chi connectivity index (χ3v) is 4.52. The fourth-order valence-electron chi connectivity index (χ4n) is 3.57. The van der Waals surface area contributed by atoms with Crippen molar-refractivity contribution in [1.29, 1.82) is 0 Å². The summed E-state index contributed by atoms with van der Waals surface area (Å²) in [5, 5.41) is 4.56. The Morgan fingerprint density at radius 2 is 1.90 bits per heavy atom. The van der Waals surface area contributed by atoms with Gasteiger partial charge in [-0.1, -0.05) is 18.2 Å². The number of ketones is 1. The molecule has 1 N–H and O–H groups in total. The summed E-state index contributed by atoms with van der Waals surface area (Å²) in [5.41, 5.74) is 1.59. The van der Waals surface area contributed by atoms with Crippen molar-refractivity contribution in [3.63, 3.8) is 0 Å². The van der Waals surface area contributed by atoms with Crippen LogP contribution in [0.15, 0.2) is 36.5 Å². The lowest BCUT2D eigenvalue weighted by atomic mass is 9.82. The summed E-state index contributed by atoms with van der Waals surface area (Å²) >= 11 is 0. The molecule has 0 amide bonds. The number of pyridine rings is 1. The average molecular weight is 282 g/mol. The van der Waals surface area contributed by atoms with Gasteiger partial charge >= 0.3 is 0 Å². The molecule has 4 heteroatoms. The van der Waals surface area contributed by atoms with E-state index in [4.69, 9.17) is 4.74 Å². The van der Waals surface area contributed by atoms with Crippen LogP contribution < -0.4 is 5.32 Å². The Labute approximate surface area is 123 Å². The smallest absolute Gasteiger partial charge is 0.168 e. The minimum Gasteiger partial charge on any atom is -0.378 e. The number of carbonyl (C=O) groups excluding carboxylic acids is 1. The molecule has 2 aromatic rings. The van der Waals surface area contributed by atoms with Crippen molar-refractivity contribution >= 4 is 16.7 Å². The standard InChI is InChI=1S/C17H18N2O2/c20-17(12-7-13-9-21-10-14(8-12)19-13)15-5-1-3-11-4-2-6-18-16(11)15/h1-6,12-14,19H,7-10H2. The fraction of sp³-hybridized carbons (Fsp3) is 0.412. The second kappa shape index (κ2) is 5.20. The molecule has 2 bridgehead atoms. The number of nitrogens with one attached hydrogen (secondary N) is 1. The number of morpholine rings is 1. The lowest BCUT2D eigenvalue weighted by Gasteiger charge is -2.39. The number of ether oxygens (including phenoxy) is 1. The molecule has 2 aliphatic rings. The molecular formula is C17H18N2O2. The first kappa shape index (κ1) is 12.9. The van der Waals surface area contributed by atoms with Crippen LogP contribution in [0.3, 0.4) is 0 Å². The Morgan fingerprint density at radius 3 is 2.71 bits per heavy atom. The van der Waals surface area contributed by atoms with E-state index in [1.807, 2.05) is 30.3 Å². The Bertz CT molecular complexity index is 668. The number of piperidine rings is 1. The van der Waals surface area contributed by atoms with Crippen molar-refractivity contribution in [2.24, 2.45) is 5.92 Å². The van der Waals surface area contributed by atoms with Gasteiger partial charge in [0, 0.05) is 35.1 Å². The molecule has 0 saturated carbocycles. The Balaban J connectivity index is 1.67. The third-order valence-electron chi connectivity index (χ3n) is 4.52. The summed E-state index contributed by atoms with van der Waals surface area (Å²) < 4.78 is 5.55. The van der Waals surface area contributed by atoms with Gasteiger partial charge in [-0.25, -0.2) is 0 Å². The van der Waals surface area contributed by atoms with Crippen molar-refractivity contribution in [3.05, 3.63) is 42.1 Å².